The number of aromatic nitrogens is 2. The summed E-state index contributed by atoms with van der Waals surface area (Å²) >= 11 is 0. The Morgan fingerprint density at radius 3 is 2.79 bits per heavy atom. The minimum atomic E-state index is -0.251. The zero-order chi connectivity index (χ0) is 13.7. The highest BCUT2D eigenvalue weighted by Gasteiger charge is 2.06. The Balaban J connectivity index is 2.24. The van der Waals surface area contributed by atoms with Crippen LogP contribution in [0.4, 0.5) is 5.69 Å². The van der Waals surface area contributed by atoms with Gasteiger partial charge in [-0.3, -0.25) is 5.43 Å². The van der Waals surface area contributed by atoms with Gasteiger partial charge in [0.2, 0.25) is 5.71 Å². The van der Waals surface area contributed by atoms with Gasteiger partial charge in [-0.1, -0.05) is 11.2 Å². The molecule has 1 N–H and O–H groups in total. The number of hydrogen-bond donors (Lipinski definition) is 1. The number of nitrogens with one attached hydrogen (secondary N) is 1. The smallest absolute Gasteiger partial charge is 0.257 e. The molecule has 0 radical (unpaired) electrons. The van der Waals surface area contributed by atoms with Crippen molar-refractivity contribution in [2.24, 2.45) is 5.10 Å². The van der Waals surface area contributed by atoms with Crippen LogP contribution in [0.1, 0.15) is 5.82 Å². The Hall–Kier alpha value is -3.19. The molecule has 7 heteroatoms. The first-order valence-corrected chi connectivity index (χ1v) is 5.27. The van der Waals surface area contributed by atoms with Gasteiger partial charge >= 0.3 is 0 Å². The van der Waals surface area contributed by atoms with Crippen LogP contribution in [-0.4, -0.2) is 15.9 Å². The predicted octanol–water partition coefficient (Wildman–Crippen LogP) is 1.86. The molecule has 0 saturated heterocycles. The van der Waals surface area contributed by atoms with Crippen LogP contribution in [0.5, 0.6) is 0 Å². The molecule has 0 amide bonds. The highest BCUT2D eigenvalue weighted by molar-refractivity contribution is 6.10. The van der Waals surface area contributed by atoms with E-state index in [1.807, 2.05) is 0 Å². The van der Waals surface area contributed by atoms with Crippen LogP contribution in [0.2, 0.25) is 0 Å². The third kappa shape index (κ3) is 2.93. The summed E-state index contributed by atoms with van der Waals surface area (Å²) in [5.74, 6) is 0.938. The number of hydrogen-bond acceptors (Lipinski definition) is 7. The van der Waals surface area contributed by atoms with E-state index in [2.05, 4.69) is 20.7 Å². The molecule has 0 bridgehead atoms. The van der Waals surface area contributed by atoms with Crippen molar-refractivity contribution in [3.05, 3.63) is 30.1 Å². The zero-order valence-electron chi connectivity index (χ0n) is 9.95. The average Bonchev–Trinajstić information content (AvgIpc) is 2.87. The van der Waals surface area contributed by atoms with Gasteiger partial charge in [-0.05, 0) is 25.1 Å². The van der Waals surface area contributed by atoms with Crippen LogP contribution < -0.4 is 5.43 Å². The quantitative estimate of drug-likeness (QED) is 0.659. The van der Waals surface area contributed by atoms with Gasteiger partial charge in [0.25, 0.3) is 5.89 Å². The second-order valence-electron chi connectivity index (χ2n) is 3.52. The first kappa shape index (κ1) is 12.3. The molecule has 19 heavy (non-hydrogen) atoms. The molecule has 0 saturated carbocycles. The number of hydrazone groups is 1. The van der Waals surface area contributed by atoms with E-state index in [4.69, 9.17) is 15.0 Å². The lowest BCUT2D eigenvalue weighted by atomic mass is 10.2. The van der Waals surface area contributed by atoms with Gasteiger partial charge in [-0.2, -0.15) is 20.6 Å². The van der Waals surface area contributed by atoms with E-state index in [0.717, 1.165) is 5.56 Å². The maximum atomic E-state index is 8.56. The number of aryl methyl sites for hydroxylation is 1. The number of nitriles is 2. The topological polar surface area (TPSA) is 111 Å². The third-order valence-electron chi connectivity index (χ3n) is 2.15. The Labute approximate surface area is 108 Å². The molecule has 2 aromatic rings. The molecule has 0 atom stereocenters. The number of anilines is 1. The Morgan fingerprint density at radius 1 is 1.37 bits per heavy atom. The van der Waals surface area contributed by atoms with Crippen molar-refractivity contribution < 1.29 is 4.52 Å². The van der Waals surface area contributed by atoms with Gasteiger partial charge < -0.3 is 4.52 Å². The monoisotopic (exact) mass is 252 g/mol. The summed E-state index contributed by atoms with van der Waals surface area (Å²) in [5.41, 5.74) is 3.69. The molecule has 0 spiro atoms. The van der Waals surface area contributed by atoms with Crippen molar-refractivity contribution in [2.75, 3.05) is 5.43 Å². The maximum absolute atomic E-state index is 8.56. The van der Waals surface area contributed by atoms with E-state index in [1.54, 1.807) is 43.3 Å². The van der Waals surface area contributed by atoms with Crippen LogP contribution in [0.3, 0.4) is 0 Å². The first-order valence-electron chi connectivity index (χ1n) is 5.27. The average molecular weight is 252 g/mol. The molecule has 1 aromatic carbocycles. The van der Waals surface area contributed by atoms with E-state index in [-0.39, 0.29) is 5.71 Å². The minimum absolute atomic E-state index is 0.251. The van der Waals surface area contributed by atoms with Crippen molar-refractivity contribution in [3.8, 4) is 23.6 Å². The number of nitrogens with zero attached hydrogens (tertiary/aromatic N) is 5. The third-order valence-corrected chi connectivity index (χ3v) is 2.15. The summed E-state index contributed by atoms with van der Waals surface area (Å²) in [7, 11) is 0. The molecule has 0 aliphatic rings. The minimum Gasteiger partial charge on any atom is -0.334 e. The number of rotatable bonds is 3. The van der Waals surface area contributed by atoms with Gasteiger partial charge in [0, 0.05) is 5.56 Å². The standard InChI is InChI=1S/C12H8N6O/c1-8-15-12(19-18-8)9-3-2-4-10(5-9)16-17-11(6-13)7-14/h2-5,16H,1H3. The second-order valence-corrected chi connectivity index (χ2v) is 3.52. The van der Waals surface area contributed by atoms with E-state index in [9.17, 15) is 0 Å². The molecule has 7 nitrogen and oxygen atoms in total. The van der Waals surface area contributed by atoms with Gasteiger partial charge in [-0.25, -0.2) is 0 Å². The van der Waals surface area contributed by atoms with Gasteiger partial charge in [0.1, 0.15) is 12.1 Å². The lowest BCUT2D eigenvalue weighted by Crippen LogP contribution is -1.96. The Bertz CT molecular complexity index is 687. The van der Waals surface area contributed by atoms with Crippen LogP contribution in [0.25, 0.3) is 11.5 Å². The van der Waals surface area contributed by atoms with Gasteiger partial charge in [0.15, 0.2) is 5.82 Å². The largest absolute Gasteiger partial charge is 0.334 e. The summed E-state index contributed by atoms with van der Waals surface area (Å²) in [5, 5.41) is 24.5. The molecule has 0 fully saturated rings. The van der Waals surface area contributed by atoms with Crippen LogP contribution in [0.15, 0.2) is 33.9 Å². The van der Waals surface area contributed by atoms with Crippen molar-refractivity contribution >= 4 is 11.4 Å². The van der Waals surface area contributed by atoms with Crippen molar-refractivity contribution in [1.29, 1.82) is 10.5 Å². The molecule has 1 aromatic heterocycles. The molecule has 0 aliphatic heterocycles. The summed E-state index contributed by atoms with van der Waals surface area (Å²) in [6.45, 7) is 1.73. The van der Waals surface area contributed by atoms with Gasteiger partial charge in [0.05, 0.1) is 5.69 Å². The maximum Gasteiger partial charge on any atom is 0.257 e. The fourth-order valence-corrected chi connectivity index (χ4v) is 1.33. The fourth-order valence-electron chi connectivity index (χ4n) is 1.33. The summed E-state index contributed by atoms with van der Waals surface area (Å²) in [4.78, 5) is 4.10. The van der Waals surface area contributed by atoms with Crippen LogP contribution in [0, 0.1) is 29.6 Å². The van der Waals surface area contributed by atoms with Crippen molar-refractivity contribution in [2.45, 2.75) is 6.92 Å². The Morgan fingerprint density at radius 2 is 2.16 bits per heavy atom. The highest BCUT2D eigenvalue weighted by Crippen LogP contribution is 2.20. The normalized spacial score (nSPS) is 9.21. The first-order chi connectivity index (χ1) is 9.22. The van der Waals surface area contributed by atoms with Crippen LogP contribution in [-0.2, 0) is 0 Å². The van der Waals surface area contributed by atoms with Crippen molar-refractivity contribution in [1.82, 2.24) is 10.1 Å². The summed E-state index contributed by atoms with van der Waals surface area (Å²) in [6, 6.07) is 10.3. The second kappa shape index (κ2) is 5.43. The highest BCUT2D eigenvalue weighted by atomic mass is 16.5. The number of benzene rings is 1. The molecular weight excluding hydrogens is 244 g/mol. The molecule has 0 unspecified atom stereocenters. The van der Waals surface area contributed by atoms with E-state index in [1.165, 1.54) is 0 Å². The van der Waals surface area contributed by atoms with E-state index < -0.39 is 0 Å². The predicted molar refractivity (Wildman–Crippen MR) is 66.8 cm³/mol. The molecule has 92 valence electrons. The van der Waals surface area contributed by atoms with E-state index >= 15 is 0 Å². The lowest BCUT2D eigenvalue weighted by Gasteiger charge is -2.00. The summed E-state index contributed by atoms with van der Waals surface area (Å²) in [6.07, 6.45) is 0. The van der Waals surface area contributed by atoms with Crippen LogP contribution >= 0.6 is 0 Å². The molecule has 2 rings (SSSR count). The van der Waals surface area contributed by atoms with Crippen molar-refractivity contribution in [3.63, 3.8) is 0 Å². The summed E-state index contributed by atoms with van der Waals surface area (Å²) < 4.78 is 5.04. The molecule has 1 heterocycles. The fraction of sp³-hybridized carbons (Fsp3) is 0.0833. The molecular formula is C12H8N6O. The van der Waals surface area contributed by atoms with Gasteiger partial charge in [-0.15, -0.1) is 0 Å². The molecule has 0 aliphatic carbocycles. The van der Waals surface area contributed by atoms with E-state index in [0.29, 0.717) is 17.4 Å². The Kier molecular flexibility index (Phi) is 3.51. The zero-order valence-corrected chi connectivity index (χ0v) is 9.95. The lowest BCUT2D eigenvalue weighted by molar-refractivity contribution is 0.425. The SMILES string of the molecule is Cc1noc(-c2cccc(NN=C(C#N)C#N)c2)n1.